The van der Waals surface area contributed by atoms with Crippen LogP contribution in [0, 0.1) is 10.1 Å². The predicted octanol–water partition coefficient (Wildman–Crippen LogP) is 3.41. The number of amides is 1. The van der Waals surface area contributed by atoms with Crippen LogP contribution in [0.4, 0.5) is 11.4 Å². The van der Waals surface area contributed by atoms with Gasteiger partial charge in [0.15, 0.2) is 18.1 Å². The van der Waals surface area contributed by atoms with Gasteiger partial charge >= 0.3 is 0 Å². The first-order valence-electron chi connectivity index (χ1n) is 8.02. The summed E-state index contributed by atoms with van der Waals surface area (Å²) in [5.74, 6) is 0.559. The van der Waals surface area contributed by atoms with E-state index in [0.717, 1.165) is 6.42 Å². The fourth-order valence-corrected chi connectivity index (χ4v) is 2.13. The molecular formula is C18H20N2O6. The van der Waals surface area contributed by atoms with E-state index in [0.29, 0.717) is 23.8 Å². The Kier molecular flexibility index (Phi) is 6.78. The molecule has 2 rings (SSSR count). The standard InChI is InChI=1S/C18H20N2O6/c1-3-10-25-15-7-5-4-6-14(15)19-18(21)12-26-17-11-13(20(22)23)8-9-16(17)24-2/h4-9,11H,3,10,12H2,1-2H3,(H,19,21). The normalized spacial score (nSPS) is 10.1. The maximum absolute atomic E-state index is 12.2. The van der Waals surface area contributed by atoms with Gasteiger partial charge < -0.3 is 19.5 Å². The molecule has 0 unspecified atom stereocenters. The van der Waals surface area contributed by atoms with Crippen molar-refractivity contribution in [3.05, 3.63) is 52.6 Å². The molecule has 8 heteroatoms. The maximum Gasteiger partial charge on any atom is 0.273 e. The van der Waals surface area contributed by atoms with Crippen LogP contribution in [0.1, 0.15) is 13.3 Å². The molecule has 0 radical (unpaired) electrons. The van der Waals surface area contributed by atoms with Crippen LogP contribution in [0.2, 0.25) is 0 Å². The minimum absolute atomic E-state index is 0.118. The minimum Gasteiger partial charge on any atom is -0.493 e. The molecule has 26 heavy (non-hydrogen) atoms. The van der Waals surface area contributed by atoms with Gasteiger partial charge in [0.25, 0.3) is 11.6 Å². The second kappa shape index (κ2) is 9.26. The Bertz CT molecular complexity index is 778. The van der Waals surface area contributed by atoms with Gasteiger partial charge in [-0.25, -0.2) is 0 Å². The van der Waals surface area contributed by atoms with Crippen molar-refractivity contribution >= 4 is 17.3 Å². The van der Waals surface area contributed by atoms with E-state index in [2.05, 4.69) is 5.32 Å². The Morgan fingerprint density at radius 3 is 2.58 bits per heavy atom. The number of ether oxygens (including phenoxy) is 3. The zero-order valence-corrected chi connectivity index (χ0v) is 14.6. The van der Waals surface area contributed by atoms with Crippen LogP contribution >= 0.6 is 0 Å². The van der Waals surface area contributed by atoms with E-state index in [1.807, 2.05) is 13.0 Å². The van der Waals surface area contributed by atoms with Gasteiger partial charge in [0.05, 0.1) is 30.4 Å². The summed E-state index contributed by atoms with van der Waals surface area (Å²) < 4.78 is 16.1. The van der Waals surface area contributed by atoms with Crippen molar-refractivity contribution in [3.63, 3.8) is 0 Å². The van der Waals surface area contributed by atoms with E-state index in [-0.39, 0.29) is 18.0 Å². The number of benzene rings is 2. The summed E-state index contributed by atoms with van der Waals surface area (Å²) in [5.41, 5.74) is 0.375. The van der Waals surface area contributed by atoms with Crippen LogP contribution in [0.25, 0.3) is 0 Å². The smallest absolute Gasteiger partial charge is 0.273 e. The number of carbonyl (C=O) groups excluding carboxylic acids is 1. The van der Waals surface area contributed by atoms with E-state index in [9.17, 15) is 14.9 Å². The van der Waals surface area contributed by atoms with Gasteiger partial charge in [-0.1, -0.05) is 19.1 Å². The molecule has 0 heterocycles. The summed E-state index contributed by atoms with van der Waals surface area (Å²) in [6.45, 7) is 2.19. The molecule has 2 aromatic carbocycles. The zero-order chi connectivity index (χ0) is 18.9. The Labute approximate surface area is 150 Å². The average molecular weight is 360 g/mol. The zero-order valence-electron chi connectivity index (χ0n) is 14.6. The molecular weight excluding hydrogens is 340 g/mol. The molecule has 2 aromatic rings. The number of non-ortho nitro benzene ring substituents is 1. The number of methoxy groups -OCH3 is 1. The van der Waals surface area contributed by atoms with E-state index < -0.39 is 10.8 Å². The lowest BCUT2D eigenvalue weighted by atomic mass is 10.3. The average Bonchev–Trinajstić information content (AvgIpc) is 2.65. The van der Waals surface area contributed by atoms with Crippen LogP contribution < -0.4 is 19.5 Å². The molecule has 0 fully saturated rings. The van der Waals surface area contributed by atoms with Crippen molar-refractivity contribution in [1.82, 2.24) is 0 Å². The van der Waals surface area contributed by atoms with Gasteiger partial charge in [-0.15, -0.1) is 0 Å². The van der Waals surface area contributed by atoms with E-state index >= 15 is 0 Å². The number of nitrogens with zero attached hydrogens (tertiary/aromatic N) is 1. The summed E-state index contributed by atoms with van der Waals surface area (Å²) in [6.07, 6.45) is 0.845. The van der Waals surface area contributed by atoms with Crippen molar-refractivity contribution in [2.45, 2.75) is 13.3 Å². The van der Waals surface area contributed by atoms with Gasteiger partial charge in [0.2, 0.25) is 0 Å². The van der Waals surface area contributed by atoms with Crippen molar-refractivity contribution in [2.75, 3.05) is 25.6 Å². The minimum atomic E-state index is -0.548. The molecule has 1 amide bonds. The third-order valence-electron chi connectivity index (χ3n) is 3.34. The molecule has 0 aromatic heterocycles. The Morgan fingerprint density at radius 2 is 1.88 bits per heavy atom. The second-order valence-corrected chi connectivity index (χ2v) is 5.27. The molecule has 1 N–H and O–H groups in total. The third kappa shape index (κ3) is 5.10. The SMILES string of the molecule is CCCOc1ccccc1NC(=O)COc1cc([N+](=O)[O-])ccc1OC. The molecule has 0 saturated heterocycles. The number of carbonyl (C=O) groups is 1. The Balaban J connectivity index is 2.03. The first-order valence-corrected chi connectivity index (χ1v) is 8.02. The molecule has 0 aliphatic rings. The molecule has 0 aliphatic carbocycles. The number of hydrogen-bond acceptors (Lipinski definition) is 6. The number of para-hydroxylation sites is 2. The van der Waals surface area contributed by atoms with Crippen LogP contribution in [0.5, 0.6) is 17.2 Å². The van der Waals surface area contributed by atoms with E-state index in [1.54, 1.807) is 18.2 Å². The highest BCUT2D eigenvalue weighted by Crippen LogP contribution is 2.31. The van der Waals surface area contributed by atoms with Crippen molar-refractivity contribution in [1.29, 1.82) is 0 Å². The molecule has 0 aliphatic heterocycles. The third-order valence-corrected chi connectivity index (χ3v) is 3.34. The Hall–Kier alpha value is -3.29. The van der Waals surface area contributed by atoms with Gasteiger partial charge in [0.1, 0.15) is 5.75 Å². The monoisotopic (exact) mass is 360 g/mol. The van der Waals surface area contributed by atoms with Crippen molar-refractivity contribution in [2.24, 2.45) is 0 Å². The molecule has 0 bridgehead atoms. The second-order valence-electron chi connectivity index (χ2n) is 5.27. The lowest BCUT2D eigenvalue weighted by Crippen LogP contribution is -2.20. The van der Waals surface area contributed by atoms with E-state index in [1.165, 1.54) is 25.3 Å². The number of anilines is 1. The van der Waals surface area contributed by atoms with Crippen molar-refractivity contribution in [3.8, 4) is 17.2 Å². The molecule has 0 saturated carbocycles. The lowest BCUT2D eigenvalue weighted by Gasteiger charge is -2.13. The van der Waals surface area contributed by atoms with Crippen molar-refractivity contribution < 1.29 is 23.9 Å². The number of nitro benzene ring substituents is 1. The summed E-state index contributed by atoms with van der Waals surface area (Å²) >= 11 is 0. The number of rotatable bonds is 9. The largest absolute Gasteiger partial charge is 0.493 e. The quantitative estimate of drug-likeness (QED) is 0.543. The highest BCUT2D eigenvalue weighted by atomic mass is 16.6. The number of nitrogens with one attached hydrogen (secondary N) is 1. The van der Waals surface area contributed by atoms with Gasteiger partial charge in [-0.2, -0.15) is 0 Å². The van der Waals surface area contributed by atoms with Gasteiger partial charge in [-0.3, -0.25) is 14.9 Å². The lowest BCUT2D eigenvalue weighted by molar-refractivity contribution is -0.385. The highest BCUT2D eigenvalue weighted by Gasteiger charge is 2.14. The summed E-state index contributed by atoms with van der Waals surface area (Å²) in [4.78, 5) is 22.5. The molecule has 138 valence electrons. The van der Waals surface area contributed by atoms with Gasteiger partial charge in [0, 0.05) is 6.07 Å². The Morgan fingerprint density at radius 1 is 1.12 bits per heavy atom. The fraction of sp³-hybridized carbons (Fsp3) is 0.278. The summed E-state index contributed by atoms with van der Waals surface area (Å²) in [7, 11) is 1.41. The van der Waals surface area contributed by atoms with Crippen LogP contribution in [-0.2, 0) is 4.79 Å². The number of hydrogen-bond donors (Lipinski definition) is 1. The van der Waals surface area contributed by atoms with Crippen LogP contribution in [0.15, 0.2) is 42.5 Å². The summed E-state index contributed by atoms with van der Waals surface area (Å²) in [5, 5.41) is 13.6. The molecule has 8 nitrogen and oxygen atoms in total. The maximum atomic E-state index is 12.2. The first kappa shape index (κ1) is 19.0. The highest BCUT2D eigenvalue weighted by molar-refractivity contribution is 5.93. The topological polar surface area (TPSA) is 99.9 Å². The fourth-order valence-electron chi connectivity index (χ4n) is 2.13. The molecule has 0 atom stereocenters. The summed E-state index contributed by atoms with van der Waals surface area (Å²) in [6, 6.07) is 11.0. The number of nitro groups is 1. The molecule has 0 spiro atoms. The predicted molar refractivity (Wildman–Crippen MR) is 96.0 cm³/mol. The van der Waals surface area contributed by atoms with Crippen LogP contribution in [0.3, 0.4) is 0 Å². The van der Waals surface area contributed by atoms with E-state index in [4.69, 9.17) is 14.2 Å². The first-order chi connectivity index (χ1) is 12.5. The van der Waals surface area contributed by atoms with Gasteiger partial charge in [-0.05, 0) is 24.6 Å². The van der Waals surface area contributed by atoms with Crippen LogP contribution in [-0.4, -0.2) is 31.2 Å².